The lowest BCUT2D eigenvalue weighted by Gasteiger charge is -2.24. The molecule has 5 heteroatoms. The van der Waals surface area contributed by atoms with Crippen molar-refractivity contribution < 1.29 is 14.3 Å². The smallest absolute Gasteiger partial charge is 0.247 e. The van der Waals surface area contributed by atoms with Crippen molar-refractivity contribution in [2.24, 2.45) is 5.92 Å². The Balaban J connectivity index is 1.73. The Labute approximate surface area is 130 Å². The van der Waals surface area contributed by atoms with E-state index in [9.17, 15) is 9.59 Å². The summed E-state index contributed by atoms with van der Waals surface area (Å²) in [4.78, 5) is 26.6. The average molecular weight is 302 g/mol. The number of methoxy groups -OCH3 is 1. The maximum absolute atomic E-state index is 12.6. The minimum absolute atomic E-state index is 0.115. The Bertz CT molecular complexity index is 596. The van der Waals surface area contributed by atoms with Crippen LogP contribution in [0, 0.1) is 12.8 Å². The van der Waals surface area contributed by atoms with Gasteiger partial charge in [0.1, 0.15) is 11.8 Å². The van der Waals surface area contributed by atoms with E-state index < -0.39 is 0 Å². The molecule has 3 rings (SSSR count). The Morgan fingerprint density at radius 3 is 2.73 bits per heavy atom. The SMILES string of the molecule is COc1ccc(C)cc1NC(=O)C1CCCN1C(=O)C1CC1. The highest BCUT2D eigenvalue weighted by atomic mass is 16.5. The number of ether oxygens (including phenoxy) is 1. The second-order valence-electron chi connectivity index (χ2n) is 6.16. The van der Waals surface area contributed by atoms with Crippen LogP contribution in [-0.2, 0) is 9.59 Å². The van der Waals surface area contributed by atoms with E-state index >= 15 is 0 Å². The van der Waals surface area contributed by atoms with Crippen molar-refractivity contribution in [2.45, 2.75) is 38.6 Å². The number of nitrogens with zero attached hydrogens (tertiary/aromatic N) is 1. The van der Waals surface area contributed by atoms with E-state index in [2.05, 4.69) is 5.32 Å². The minimum atomic E-state index is -0.349. The number of rotatable bonds is 4. The molecule has 1 saturated carbocycles. The van der Waals surface area contributed by atoms with E-state index in [-0.39, 0.29) is 23.8 Å². The predicted octanol–water partition coefficient (Wildman–Crippen LogP) is 2.34. The molecule has 1 atom stereocenters. The largest absolute Gasteiger partial charge is 0.495 e. The Kier molecular flexibility index (Phi) is 4.05. The van der Waals surface area contributed by atoms with E-state index in [1.165, 1.54) is 0 Å². The van der Waals surface area contributed by atoms with Gasteiger partial charge in [0.15, 0.2) is 0 Å². The molecular weight excluding hydrogens is 280 g/mol. The molecule has 1 aromatic carbocycles. The Morgan fingerprint density at radius 2 is 2.05 bits per heavy atom. The van der Waals surface area contributed by atoms with Gasteiger partial charge in [0.2, 0.25) is 11.8 Å². The third kappa shape index (κ3) is 2.93. The van der Waals surface area contributed by atoms with Gasteiger partial charge in [0.25, 0.3) is 0 Å². The van der Waals surface area contributed by atoms with Crippen molar-refractivity contribution >= 4 is 17.5 Å². The maximum atomic E-state index is 12.6. The van der Waals surface area contributed by atoms with E-state index in [0.29, 0.717) is 18.0 Å². The van der Waals surface area contributed by atoms with Crippen molar-refractivity contribution in [3.63, 3.8) is 0 Å². The quantitative estimate of drug-likeness (QED) is 0.928. The Morgan fingerprint density at radius 1 is 1.27 bits per heavy atom. The fourth-order valence-electron chi connectivity index (χ4n) is 3.00. The molecule has 2 aliphatic rings. The van der Waals surface area contributed by atoms with Crippen molar-refractivity contribution in [1.29, 1.82) is 0 Å². The summed E-state index contributed by atoms with van der Waals surface area (Å²) < 4.78 is 5.29. The second kappa shape index (κ2) is 5.99. The van der Waals surface area contributed by atoms with Crippen LogP contribution in [0.2, 0.25) is 0 Å². The van der Waals surface area contributed by atoms with Crippen molar-refractivity contribution in [3.05, 3.63) is 23.8 Å². The van der Waals surface area contributed by atoms with Gasteiger partial charge in [-0.1, -0.05) is 6.07 Å². The lowest BCUT2D eigenvalue weighted by atomic mass is 10.1. The van der Waals surface area contributed by atoms with Gasteiger partial charge in [-0.3, -0.25) is 9.59 Å². The molecule has 1 heterocycles. The van der Waals surface area contributed by atoms with Crippen LogP contribution in [-0.4, -0.2) is 36.4 Å². The molecule has 1 saturated heterocycles. The van der Waals surface area contributed by atoms with Crippen molar-refractivity contribution in [3.8, 4) is 5.75 Å². The van der Waals surface area contributed by atoms with Crippen molar-refractivity contribution in [1.82, 2.24) is 4.90 Å². The third-order valence-electron chi connectivity index (χ3n) is 4.38. The fourth-order valence-corrected chi connectivity index (χ4v) is 3.00. The summed E-state index contributed by atoms with van der Waals surface area (Å²) >= 11 is 0. The number of nitrogens with one attached hydrogen (secondary N) is 1. The lowest BCUT2D eigenvalue weighted by molar-refractivity contribution is -0.137. The summed E-state index contributed by atoms with van der Waals surface area (Å²) in [5.74, 6) is 0.822. The molecule has 1 aromatic rings. The number of hydrogen-bond acceptors (Lipinski definition) is 3. The summed E-state index contributed by atoms with van der Waals surface area (Å²) in [6.07, 6.45) is 3.56. The van der Waals surface area contributed by atoms with Crippen LogP contribution < -0.4 is 10.1 Å². The van der Waals surface area contributed by atoms with Crippen LogP contribution in [0.3, 0.4) is 0 Å². The van der Waals surface area contributed by atoms with Gasteiger partial charge < -0.3 is 15.0 Å². The van der Waals surface area contributed by atoms with E-state index in [1.807, 2.05) is 25.1 Å². The van der Waals surface area contributed by atoms with Gasteiger partial charge in [0, 0.05) is 12.5 Å². The summed E-state index contributed by atoms with van der Waals surface area (Å²) in [6, 6.07) is 5.32. The fraction of sp³-hybridized carbons (Fsp3) is 0.529. The van der Waals surface area contributed by atoms with Crippen LogP contribution in [0.1, 0.15) is 31.2 Å². The minimum Gasteiger partial charge on any atom is -0.495 e. The zero-order valence-electron chi connectivity index (χ0n) is 13.1. The van der Waals surface area contributed by atoms with Crippen LogP contribution in [0.15, 0.2) is 18.2 Å². The molecule has 1 aliphatic carbocycles. The molecular formula is C17H22N2O3. The van der Waals surface area contributed by atoms with E-state index in [4.69, 9.17) is 4.74 Å². The monoisotopic (exact) mass is 302 g/mol. The highest BCUT2D eigenvalue weighted by Crippen LogP contribution is 2.34. The number of benzene rings is 1. The molecule has 5 nitrogen and oxygen atoms in total. The number of aryl methyl sites for hydroxylation is 1. The highest BCUT2D eigenvalue weighted by Gasteiger charge is 2.40. The molecule has 0 aromatic heterocycles. The lowest BCUT2D eigenvalue weighted by Crippen LogP contribution is -2.43. The molecule has 118 valence electrons. The van der Waals surface area contributed by atoms with Gasteiger partial charge in [-0.25, -0.2) is 0 Å². The summed E-state index contributed by atoms with van der Waals surface area (Å²) in [5.41, 5.74) is 1.71. The van der Waals surface area contributed by atoms with E-state index in [0.717, 1.165) is 31.2 Å². The molecule has 2 fully saturated rings. The number of anilines is 1. The number of amides is 2. The first-order valence-corrected chi connectivity index (χ1v) is 7.86. The van der Waals surface area contributed by atoms with Crippen LogP contribution in [0.4, 0.5) is 5.69 Å². The normalized spacial score (nSPS) is 20.8. The maximum Gasteiger partial charge on any atom is 0.247 e. The van der Waals surface area contributed by atoms with Gasteiger partial charge in [-0.05, 0) is 50.3 Å². The molecule has 22 heavy (non-hydrogen) atoms. The molecule has 1 N–H and O–H groups in total. The van der Waals surface area contributed by atoms with Crippen molar-refractivity contribution in [2.75, 3.05) is 19.0 Å². The second-order valence-corrected chi connectivity index (χ2v) is 6.16. The first-order valence-electron chi connectivity index (χ1n) is 7.86. The molecule has 2 amide bonds. The molecule has 0 spiro atoms. The first-order chi connectivity index (χ1) is 10.6. The zero-order chi connectivity index (χ0) is 15.7. The van der Waals surface area contributed by atoms with Gasteiger partial charge in [0.05, 0.1) is 12.8 Å². The first kappa shape index (κ1) is 14.9. The molecule has 0 radical (unpaired) electrons. The zero-order valence-corrected chi connectivity index (χ0v) is 13.1. The standard InChI is InChI=1S/C17H22N2O3/c1-11-5-8-15(22-2)13(10-11)18-16(20)14-4-3-9-19(14)17(21)12-6-7-12/h5,8,10,12,14H,3-4,6-7,9H2,1-2H3,(H,18,20). The van der Waals surface area contributed by atoms with E-state index in [1.54, 1.807) is 12.0 Å². The molecule has 1 unspecified atom stereocenters. The highest BCUT2D eigenvalue weighted by molar-refractivity contribution is 5.99. The number of likely N-dealkylation sites (tertiary alicyclic amines) is 1. The summed E-state index contributed by atoms with van der Waals surface area (Å²) in [6.45, 7) is 2.66. The molecule has 1 aliphatic heterocycles. The molecule has 0 bridgehead atoms. The predicted molar refractivity (Wildman–Crippen MR) is 83.8 cm³/mol. The van der Waals surface area contributed by atoms with Gasteiger partial charge >= 0.3 is 0 Å². The van der Waals surface area contributed by atoms with Crippen LogP contribution in [0.5, 0.6) is 5.75 Å². The van der Waals surface area contributed by atoms with Gasteiger partial charge in [-0.2, -0.15) is 0 Å². The Hall–Kier alpha value is -2.04. The topological polar surface area (TPSA) is 58.6 Å². The average Bonchev–Trinajstić information content (AvgIpc) is 3.23. The summed E-state index contributed by atoms with van der Waals surface area (Å²) in [7, 11) is 1.58. The third-order valence-corrected chi connectivity index (χ3v) is 4.38. The van der Waals surface area contributed by atoms with Gasteiger partial charge in [-0.15, -0.1) is 0 Å². The number of carbonyl (C=O) groups excluding carboxylic acids is 2. The summed E-state index contributed by atoms with van der Waals surface area (Å²) in [5, 5.41) is 2.93. The van der Waals surface area contributed by atoms with Crippen LogP contribution in [0.25, 0.3) is 0 Å². The number of carbonyl (C=O) groups is 2. The van der Waals surface area contributed by atoms with Crippen LogP contribution >= 0.6 is 0 Å². The number of hydrogen-bond donors (Lipinski definition) is 1.